The summed E-state index contributed by atoms with van der Waals surface area (Å²) in [7, 11) is 3.65. The maximum absolute atomic E-state index is 12.7. The van der Waals surface area contributed by atoms with Gasteiger partial charge in [-0.25, -0.2) is 4.98 Å². The minimum absolute atomic E-state index is 0.237. The lowest BCUT2D eigenvalue weighted by atomic mass is 10.2. The molecule has 0 bridgehead atoms. The largest absolute Gasteiger partial charge is 0.320 e. The van der Waals surface area contributed by atoms with Gasteiger partial charge in [0.25, 0.3) is 5.91 Å². The quantitative estimate of drug-likeness (QED) is 0.621. The third-order valence-electron chi connectivity index (χ3n) is 4.12. The highest BCUT2D eigenvalue weighted by molar-refractivity contribution is 6.06. The van der Waals surface area contributed by atoms with Crippen molar-refractivity contribution in [2.75, 3.05) is 5.32 Å². The van der Waals surface area contributed by atoms with Crippen LogP contribution in [0.3, 0.4) is 0 Å². The maximum atomic E-state index is 12.7. The molecule has 1 N–H and O–H groups in total. The van der Waals surface area contributed by atoms with Crippen LogP contribution in [0.2, 0.25) is 0 Å². The van der Waals surface area contributed by atoms with E-state index in [2.05, 4.69) is 20.5 Å². The van der Waals surface area contributed by atoms with Gasteiger partial charge in [-0.15, -0.1) is 0 Å². The Hall–Kier alpha value is -3.42. The number of aryl methyl sites for hydroxylation is 3. The van der Waals surface area contributed by atoms with Gasteiger partial charge in [-0.05, 0) is 25.1 Å². The smallest absolute Gasteiger partial charge is 0.261 e. The SMILES string of the molecule is Cc1nn(C)c2ncc(NC(=O)c3cnn(C)c3-n3cccc3)cc12. The lowest BCUT2D eigenvalue weighted by molar-refractivity contribution is 0.102. The fraction of sp³-hybridized carbons (Fsp3) is 0.176. The van der Waals surface area contributed by atoms with E-state index in [9.17, 15) is 4.79 Å². The number of fused-ring (bicyclic) bond motifs is 1. The Bertz CT molecular complexity index is 1070. The lowest BCUT2D eigenvalue weighted by Gasteiger charge is -2.08. The average molecular weight is 335 g/mol. The Labute approximate surface area is 143 Å². The molecule has 0 atom stereocenters. The number of nitrogens with one attached hydrogen (secondary N) is 1. The Morgan fingerprint density at radius 1 is 1.12 bits per heavy atom. The first kappa shape index (κ1) is 15.1. The van der Waals surface area contributed by atoms with Crippen LogP contribution in [0.25, 0.3) is 16.9 Å². The van der Waals surface area contributed by atoms with E-state index in [1.165, 1.54) is 0 Å². The van der Waals surface area contributed by atoms with E-state index in [-0.39, 0.29) is 5.91 Å². The molecule has 0 unspecified atom stereocenters. The van der Waals surface area contributed by atoms with Gasteiger partial charge in [0.2, 0.25) is 0 Å². The lowest BCUT2D eigenvalue weighted by Crippen LogP contribution is -2.15. The van der Waals surface area contributed by atoms with Crippen molar-refractivity contribution in [2.45, 2.75) is 6.92 Å². The van der Waals surface area contributed by atoms with Gasteiger partial charge in [-0.1, -0.05) is 0 Å². The molecule has 4 heterocycles. The summed E-state index contributed by atoms with van der Waals surface area (Å²) in [5.41, 5.74) is 2.76. The summed E-state index contributed by atoms with van der Waals surface area (Å²) in [4.78, 5) is 17.1. The first-order valence-corrected chi connectivity index (χ1v) is 7.80. The fourth-order valence-electron chi connectivity index (χ4n) is 2.95. The zero-order valence-electron chi connectivity index (χ0n) is 14.1. The van der Waals surface area contributed by atoms with Crippen LogP contribution in [0, 0.1) is 6.92 Å². The predicted molar refractivity (Wildman–Crippen MR) is 93.7 cm³/mol. The minimum atomic E-state index is -0.237. The first-order chi connectivity index (χ1) is 12.0. The number of pyridine rings is 1. The summed E-state index contributed by atoms with van der Waals surface area (Å²) < 4.78 is 5.25. The molecule has 8 nitrogen and oxygen atoms in total. The van der Waals surface area contributed by atoms with E-state index in [0.29, 0.717) is 17.1 Å². The number of nitrogens with zero attached hydrogens (tertiary/aromatic N) is 6. The second-order valence-electron chi connectivity index (χ2n) is 5.85. The molecule has 0 fully saturated rings. The van der Waals surface area contributed by atoms with E-state index in [0.717, 1.165) is 16.7 Å². The summed E-state index contributed by atoms with van der Waals surface area (Å²) in [6.45, 7) is 1.92. The second kappa shape index (κ2) is 5.59. The van der Waals surface area contributed by atoms with Crippen molar-refractivity contribution in [3.63, 3.8) is 0 Å². The van der Waals surface area contributed by atoms with Crippen molar-refractivity contribution in [1.82, 2.24) is 29.1 Å². The van der Waals surface area contributed by atoms with Crippen LogP contribution in [-0.4, -0.2) is 35.0 Å². The Balaban J connectivity index is 1.68. The molecule has 0 radical (unpaired) electrons. The zero-order chi connectivity index (χ0) is 17.6. The third kappa shape index (κ3) is 2.47. The van der Waals surface area contributed by atoms with Gasteiger partial charge in [0, 0.05) is 31.9 Å². The monoisotopic (exact) mass is 335 g/mol. The number of hydrogen-bond donors (Lipinski definition) is 1. The van der Waals surface area contributed by atoms with Crippen LogP contribution >= 0.6 is 0 Å². The molecule has 8 heteroatoms. The zero-order valence-corrected chi connectivity index (χ0v) is 14.1. The standard InChI is InChI=1S/C17H17N7O/c1-11-13-8-12(9-18-15(13)22(2)21-11)20-16(25)14-10-19-23(3)17(14)24-6-4-5-7-24/h4-10H,1-3H3,(H,20,25). The summed E-state index contributed by atoms with van der Waals surface area (Å²) >= 11 is 0. The first-order valence-electron chi connectivity index (χ1n) is 7.80. The molecule has 0 aliphatic heterocycles. The Morgan fingerprint density at radius 2 is 1.88 bits per heavy atom. The molecule has 0 aliphatic rings. The minimum Gasteiger partial charge on any atom is -0.320 e. The van der Waals surface area contributed by atoms with Crippen LogP contribution < -0.4 is 5.32 Å². The van der Waals surface area contributed by atoms with Gasteiger partial charge in [0.05, 0.1) is 23.8 Å². The number of amides is 1. The molecule has 0 aliphatic carbocycles. The number of rotatable bonds is 3. The summed E-state index contributed by atoms with van der Waals surface area (Å²) in [6, 6.07) is 5.68. The molecule has 4 aromatic rings. The second-order valence-corrected chi connectivity index (χ2v) is 5.85. The van der Waals surface area contributed by atoms with Crippen LogP contribution in [0.1, 0.15) is 16.1 Å². The normalized spacial score (nSPS) is 11.2. The van der Waals surface area contributed by atoms with Crippen LogP contribution in [0.5, 0.6) is 0 Å². The highest BCUT2D eigenvalue weighted by atomic mass is 16.1. The van der Waals surface area contributed by atoms with E-state index >= 15 is 0 Å². The van der Waals surface area contributed by atoms with Crippen molar-refractivity contribution in [3.8, 4) is 5.82 Å². The highest BCUT2D eigenvalue weighted by Crippen LogP contribution is 2.21. The van der Waals surface area contributed by atoms with E-state index in [4.69, 9.17) is 0 Å². The van der Waals surface area contributed by atoms with Gasteiger partial charge in [-0.3, -0.25) is 14.2 Å². The van der Waals surface area contributed by atoms with E-state index in [1.54, 1.807) is 28.8 Å². The number of aromatic nitrogens is 6. The van der Waals surface area contributed by atoms with Gasteiger partial charge in [0.15, 0.2) is 5.65 Å². The van der Waals surface area contributed by atoms with Gasteiger partial charge < -0.3 is 9.88 Å². The number of carbonyl (C=O) groups excluding carboxylic acids is 1. The fourth-order valence-corrected chi connectivity index (χ4v) is 2.95. The third-order valence-corrected chi connectivity index (χ3v) is 4.12. The van der Waals surface area contributed by atoms with Crippen LogP contribution in [0.4, 0.5) is 5.69 Å². The molecule has 4 rings (SSSR count). The van der Waals surface area contributed by atoms with Crippen molar-refractivity contribution < 1.29 is 4.79 Å². The molecule has 25 heavy (non-hydrogen) atoms. The Morgan fingerprint density at radius 3 is 2.64 bits per heavy atom. The molecule has 0 saturated heterocycles. The molecular formula is C17H17N7O. The summed E-state index contributed by atoms with van der Waals surface area (Å²) in [5.74, 6) is 0.466. The van der Waals surface area contributed by atoms with Gasteiger partial charge >= 0.3 is 0 Å². The topological polar surface area (TPSA) is 82.6 Å². The molecule has 126 valence electrons. The van der Waals surface area contributed by atoms with Crippen molar-refractivity contribution >= 4 is 22.6 Å². The predicted octanol–water partition coefficient (Wildman–Crippen LogP) is 2.05. The molecule has 0 aromatic carbocycles. The highest BCUT2D eigenvalue weighted by Gasteiger charge is 2.18. The van der Waals surface area contributed by atoms with Gasteiger partial charge in [0.1, 0.15) is 11.4 Å². The molecule has 4 aromatic heterocycles. The van der Waals surface area contributed by atoms with Crippen molar-refractivity contribution in [3.05, 3.63) is 54.2 Å². The number of anilines is 1. The van der Waals surface area contributed by atoms with E-state index in [1.807, 2.05) is 49.1 Å². The summed E-state index contributed by atoms with van der Waals surface area (Å²) in [6.07, 6.45) is 6.94. The van der Waals surface area contributed by atoms with Crippen LogP contribution in [0.15, 0.2) is 43.0 Å². The van der Waals surface area contributed by atoms with E-state index < -0.39 is 0 Å². The Kier molecular flexibility index (Phi) is 3.38. The summed E-state index contributed by atoms with van der Waals surface area (Å²) in [5, 5.41) is 12.4. The van der Waals surface area contributed by atoms with Crippen LogP contribution in [-0.2, 0) is 14.1 Å². The maximum Gasteiger partial charge on any atom is 0.261 e. The van der Waals surface area contributed by atoms with Crippen molar-refractivity contribution in [2.24, 2.45) is 14.1 Å². The number of hydrogen-bond acceptors (Lipinski definition) is 4. The molecule has 1 amide bonds. The molecule has 0 spiro atoms. The number of carbonyl (C=O) groups is 1. The average Bonchev–Trinajstić information content (AvgIpc) is 3.28. The van der Waals surface area contributed by atoms with Gasteiger partial charge in [-0.2, -0.15) is 10.2 Å². The van der Waals surface area contributed by atoms with Crippen molar-refractivity contribution in [1.29, 1.82) is 0 Å². The molecule has 0 saturated carbocycles. The molecular weight excluding hydrogens is 318 g/mol.